The van der Waals surface area contributed by atoms with Gasteiger partial charge in [-0.3, -0.25) is 9.67 Å². The number of hydrogen-bond donors (Lipinski definition) is 2. The Morgan fingerprint density at radius 1 is 1.34 bits per heavy atom. The molecule has 2 atom stereocenters. The molecule has 7 heteroatoms. The van der Waals surface area contributed by atoms with Gasteiger partial charge in [0.2, 0.25) is 0 Å². The lowest BCUT2D eigenvalue weighted by atomic mass is 9.85. The number of benzene rings is 1. The van der Waals surface area contributed by atoms with Gasteiger partial charge in [-0.15, -0.1) is 0 Å². The molecule has 0 fully saturated rings. The van der Waals surface area contributed by atoms with Crippen molar-refractivity contribution in [2.24, 2.45) is 13.0 Å². The van der Waals surface area contributed by atoms with E-state index in [0.717, 1.165) is 41.0 Å². The highest BCUT2D eigenvalue weighted by molar-refractivity contribution is 5.87. The first-order chi connectivity index (χ1) is 14.1. The van der Waals surface area contributed by atoms with E-state index in [9.17, 15) is 0 Å². The number of rotatable bonds is 5. The van der Waals surface area contributed by atoms with Crippen LogP contribution < -0.4 is 10.1 Å². The molecule has 0 radical (unpaired) electrons. The summed E-state index contributed by atoms with van der Waals surface area (Å²) < 4.78 is 8.09. The average Bonchev–Trinajstić information content (AvgIpc) is 3.14. The summed E-state index contributed by atoms with van der Waals surface area (Å²) in [5, 5.41) is 24.3. The molecule has 3 aromatic rings. The lowest BCUT2D eigenvalue weighted by molar-refractivity contribution is 0.124. The van der Waals surface area contributed by atoms with Crippen molar-refractivity contribution in [3.05, 3.63) is 65.2 Å². The monoisotopic (exact) mass is 386 g/mol. The van der Waals surface area contributed by atoms with Gasteiger partial charge in [0.05, 0.1) is 28.8 Å². The van der Waals surface area contributed by atoms with Crippen molar-refractivity contribution in [2.45, 2.75) is 25.9 Å². The zero-order chi connectivity index (χ0) is 20.4. The number of nitriles is 1. The van der Waals surface area contributed by atoms with Gasteiger partial charge >= 0.3 is 0 Å². The number of aryl methyl sites for hydroxylation is 2. The van der Waals surface area contributed by atoms with E-state index in [2.05, 4.69) is 28.4 Å². The molecule has 1 aliphatic rings. The summed E-state index contributed by atoms with van der Waals surface area (Å²) in [5.41, 5.74) is 4.94. The molecule has 2 unspecified atom stereocenters. The second kappa shape index (κ2) is 7.76. The molecule has 0 saturated carbocycles. The van der Waals surface area contributed by atoms with Gasteiger partial charge in [0.15, 0.2) is 0 Å². The second-order valence-corrected chi connectivity index (χ2v) is 7.36. The molecular formula is C22H22N6O. The first-order valence-electron chi connectivity index (χ1n) is 9.53. The van der Waals surface area contributed by atoms with E-state index >= 15 is 0 Å². The van der Waals surface area contributed by atoms with Crippen molar-refractivity contribution in [3.8, 4) is 11.8 Å². The molecule has 0 saturated heterocycles. The Bertz CT molecular complexity index is 1100. The molecule has 7 nitrogen and oxygen atoms in total. The maximum Gasteiger partial charge on any atom is 0.143 e. The lowest BCUT2D eigenvalue weighted by Crippen LogP contribution is -2.24. The minimum Gasteiger partial charge on any atom is -0.484 e. The Morgan fingerprint density at radius 2 is 2.21 bits per heavy atom. The number of pyridine rings is 1. The SMILES string of the molecule is CC1CCc2cc(C#N)cnc2C1Oc1ccc(C=N)c(Nc2cnn(C)c2)c1. The molecule has 2 N–H and O–H groups in total. The fourth-order valence-corrected chi connectivity index (χ4v) is 3.65. The predicted octanol–water partition coefficient (Wildman–Crippen LogP) is 4.13. The van der Waals surface area contributed by atoms with E-state index in [0.29, 0.717) is 17.2 Å². The van der Waals surface area contributed by atoms with Crippen molar-refractivity contribution in [2.75, 3.05) is 5.32 Å². The van der Waals surface area contributed by atoms with E-state index in [1.807, 2.05) is 37.5 Å². The molecule has 2 heterocycles. The summed E-state index contributed by atoms with van der Waals surface area (Å²) >= 11 is 0. The van der Waals surface area contributed by atoms with Crippen molar-refractivity contribution in [3.63, 3.8) is 0 Å². The van der Waals surface area contributed by atoms with E-state index in [-0.39, 0.29) is 6.10 Å². The first-order valence-corrected chi connectivity index (χ1v) is 9.53. The van der Waals surface area contributed by atoms with Crippen LogP contribution in [0, 0.1) is 22.7 Å². The van der Waals surface area contributed by atoms with E-state index in [4.69, 9.17) is 15.4 Å². The molecule has 146 valence electrons. The number of hydrogen-bond acceptors (Lipinski definition) is 6. The van der Waals surface area contributed by atoms with Gasteiger partial charge in [-0.2, -0.15) is 10.4 Å². The molecule has 0 aliphatic heterocycles. The van der Waals surface area contributed by atoms with Crippen LogP contribution in [-0.4, -0.2) is 21.0 Å². The topological polar surface area (TPSA) is 99.6 Å². The van der Waals surface area contributed by atoms with Gasteiger partial charge in [-0.05, 0) is 42.5 Å². The fraction of sp³-hybridized carbons (Fsp3) is 0.273. The number of nitrogens with one attached hydrogen (secondary N) is 2. The van der Waals surface area contributed by atoms with Gasteiger partial charge in [-0.25, -0.2) is 0 Å². The van der Waals surface area contributed by atoms with Crippen molar-refractivity contribution >= 4 is 17.6 Å². The molecule has 4 rings (SSSR count). The quantitative estimate of drug-likeness (QED) is 0.642. The number of ether oxygens (including phenoxy) is 1. The van der Waals surface area contributed by atoms with E-state index in [1.165, 1.54) is 6.21 Å². The van der Waals surface area contributed by atoms with Crippen LogP contribution >= 0.6 is 0 Å². The summed E-state index contributed by atoms with van der Waals surface area (Å²) in [6, 6.07) is 9.71. The molecule has 2 aromatic heterocycles. The molecule has 0 spiro atoms. The molecule has 0 bridgehead atoms. The molecule has 29 heavy (non-hydrogen) atoms. The third kappa shape index (κ3) is 3.83. The minimum absolute atomic E-state index is 0.177. The van der Waals surface area contributed by atoms with Gasteiger partial charge in [-0.1, -0.05) is 6.92 Å². The number of anilines is 2. The molecule has 1 aromatic carbocycles. The van der Waals surface area contributed by atoms with Crippen LogP contribution in [0.4, 0.5) is 11.4 Å². The van der Waals surface area contributed by atoms with Gasteiger partial charge in [0.1, 0.15) is 17.9 Å². The highest BCUT2D eigenvalue weighted by Crippen LogP contribution is 2.37. The largest absolute Gasteiger partial charge is 0.484 e. The first kappa shape index (κ1) is 18.7. The van der Waals surface area contributed by atoms with Crippen LogP contribution in [-0.2, 0) is 13.5 Å². The Balaban J connectivity index is 1.63. The zero-order valence-electron chi connectivity index (χ0n) is 16.4. The summed E-state index contributed by atoms with van der Waals surface area (Å²) in [6.07, 6.45) is 8.23. The van der Waals surface area contributed by atoms with Crippen LogP contribution in [0.25, 0.3) is 0 Å². The van der Waals surface area contributed by atoms with Gasteiger partial charge < -0.3 is 15.5 Å². The molecule has 0 amide bonds. The highest BCUT2D eigenvalue weighted by atomic mass is 16.5. The van der Waals surface area contributed by atoms with Crippen LogP contribution in [0.2, 0.25) is 0 Å². The summed E-state index contributed by atoms with van der Waals surface area (Å²) in [6.45, 7) is 2.16. The average molecular weight is 386 g/mol. The van der Waals surface area contributed by atoms with Crippen molar-refractivity contribution in [1.29, 1.82) is 10.7 Å². The van der Waals surface area contributed by atoms with E-state index in [1.54, 1.807) is 17.1 Å². The normalized spacial score (nSPS) is 17.8. The van der Waals surface area contributed by atoms with Crippen LogP contribution in [0.5, 0.6) is 5.75 Å². The summed E-state index contributed by atoms with van der Waals surface area (Å²) in [5.74, 6) is 1.01. The maximum absolute atomic E-state index is 9.14. The van der Waals surface area contributed by atoms with Gasteiger partial charge in [0, 0.05) is 37.3 Å². The Morgan fingerprint density at radius 3 is 2.93 bits per heavy atom. The molecule has 1 aliphatic carbocycles. The fourth-order valence-electron chi connectivity index (χ4n) is 3.65. The second-order valence-electron chi connectivity index (χ2n) is 7.36. The summed E-state index contributed by atoms with van der Waals surface area (Å²) in [7, 11) is 1.86. The van der Waals surface area contributed by atoms with Crippen LogP contribution in [0.3, 0.4) is 0 Å². The predicted molar refractivity (Wildman–Crippen MR) is 111 cm³/mol. The summed E-state index contributed by atoms with van der Waals surface area (Å²) in [4.78, 5) is 4.53. The van der Waals surface area contributed by atoms with Crippen LogP contribution in [0.15, 0.2) is 42.9 Å². The van der Waals surface area contributed by atoms with E-state index < -0.39 is 0 Å². The zero-order valence-corrected chi connectivity index (χ0v) is 16.4. The molecular weight excluding hydrogens is 364 g/mol. The van der Waals surface area contributed by atoms with Crippen molar-refractivity contribution < 1.29 is 4.74 Å². The standard InChI is InChI=1S/C22H22N6O/c1-14-3-4-16-7-15(9-23)11-25-21(16)22(14)29-19-6-5-17(10-24)20(8-19)27-18-12-26-28(2)13-18/h5-8,10-14,22,24,27H,3-4H2,1-2H3. The Labute approximate surface area is 169 Å². The van der Waals surface area contributed by atoms with Crippen molar-refractivity contribution in [1.82, 2.24) is 14.8 Å². The smallest absolute Gasteiger partial charge is 0.143 e. The third-order valence-corrected chi connectivity index (χ3v) is 5.21. The number of fused-ring (bicyclic) bond motifs is 1. The van der Waals surface area contributed by atoms with Crippen LogP contribution in [0.1, 0.15) is 41.8 Å². The highest BCUT2D eigenvalue weighted by Gasteiger charge is 2.30. The lowest BCUT2D eigenvalue weighted by Gasteiger charge is -2.31. The maximum atomic E-state index is 9.14. The number of nitrogens with zero attached hydrogens (tertiary/aromatic N) is 4. The van der Waals surface area contributed by atoms with Gasteiger partial charge in [0.25, 0.3) is 0 Å². The number of aromatic nitrogens is 3. The Kier molecular flexibility index (Phi) is 5.00. The Hall–Kier alpha value is -3.66. The third-order valence-electron chi connectivity index (χ3n) is 5.21. The minimum atomic E-state index is -0.177.